The summed E-state index contributed by atoms with van der Waals surface area (Å²) in [6.45, 7) is 8.23. The van der Waals surface area contributed by atoms with E-state index in [1.54, 1.807) is 0 Å². The molecule has 0 fully saturated rings. The van der Waals surface area contributed by atoms with Gasteiger partial charge >= 0.3 is 6.09 Å². The molecular weight excluding hydrogens is 250 g/mol. The predicted octanol–water partition coefficient (Wildman–Crippen LogP) is 4.03. The number of amides is 1. The zero-order valence-electron chi connectivity index (χ0n) is 12.8. The zero-order valence-corrected chi connectivity index (χ0v) is 12.8. The van der Waals surface area contributed by atoms with Gasteiger partial charge in [0.15, 0.2) is 0 Å². The van der Waals surface area contributed by atoms with Crippen LogP contribution >= 0.6 is 0 Å². The number of carbonyl (C=O) groups is 1. The third-order valence-electron chi connectivity index (χ3n) is 2.46. The number of benzene rings is 1. The molecule has 0 saturated heterocycles. The fraction of sp³-hybridized carbons (Fsp3) is 0.471. The van der Waals surface area contributed by atoms with Crippen LogP contribution in [-0.4, -0.2) is 23.1 Å². The van der Waals surface area contributed by atoms with Gasteiger partial charge in [-0.3, -0.25) is 0 Å². The molecule has 0 saturated carbocycles. The van der Waals surface area contributed by atoms with Gasteiger partial charge < -0.3 is 4.74 Å². The van der Waals surface area contributed by atoms with Crippen LogP contribution in [0.2, 0.25) is 0 Å². The number of ether oxygens (including phenoxy) is 1. The highest BCUT2D eigenvalue weighted by Gasteiger charge is 2.20. The van der Waals surface area contributed by atoms with E-state index < -0.39 is 5.60 Å². The third kappa shape index (κ3) is 6.29. The van der Waals surface area contributed by atoms with Crippen molar-refractivity contribution in [2.45, 2.75) is 46.1 Å². The van der Waals surface area contributed by atoms with Crippen molar-refractivity contribution < 1.29 is 9.53 Å². The summed E-state index contributed by atoms with van der Waals surface area (Å²) in [6.07, 6.45) is 1.53. The van der Waals surface area contributed by atoms with Crippen molar-refractivity contribution >= 4 is 6.09 Å². The van der Waals surface area contributed by atoms with E-state index in [0.717, 1.165) is 18.4 Å². The van der Waals surface area contributed by atoms with Crippen LogP contribution in [0, 0.1) is 12.0 Å². The lowest BCUT2D eigenvalue weighted by atomic mass is 10.2. The maximum absolute atomic E-state index is 12.1. The molecule has 1 aromatic carbocycles. The highest BCUT2D eigenvalue weighted by molar-refractivity contribution is 5.70. The topological polar surface area (TPSA) is 29.5 Å². The number of unbranched alkanes of at least 4 members (excludes halogenated alkanes) is 1. The lowest BCUT2D eigenvalue weighted by molar-refractivity contribution is 0.0350. The number of nitrogens with zero attached hydrogens (tertiary/aromatic N) is 1. The van der Waals surface area contributed by atoms with Gasteiger partial charge in [0, 0.05) is 18.2 Å². The second-order valence-electron chi connectivity index (χ2n) is 5.59. The molecule has 0 spiro atoms. The molecular formula is C17H23NO2. The smallest absolute Gasteiger partial charge is 0.422 e. The summed E-state index contributed by atoms with van der Waals surface area (Å²) in [5.41, 5.74) is 0.383. The average molecular weight is 273 g/mol. The highest BCUT2D eigenvalue weighted by Crippen LogP contribution is 2.10. The Kier molecular flexibility index (Phi) is 6.11. The van der Waals surface area contributed by atoms with Gasteiger partial charge in [0.05, 0.1) is 0 Å². The molecule has 0 radical (unpaired) electrons. The minimum Gasteiger partial charge on any atom is -0.443 e. The summed E-state index contributed by atoms with van der Waals surface area (Å²) in [6, 6.07) is 12.5. The second-order valence-corrected chi connectivity index (χ2v) is 5.59. The van der Waals surface area contributed by atoms with Crippen molar-refractivity contribution in [1.29, 1.82) is 0 Å². The fourth-order valence-electron chi connectivity index (χ4n) is 1.48. The van der Waals surface area contributed by atoms with E-state index in [0.29, 0.717) is 6.54 Å². The maximum atomic E-state index is 12.1. The Bertz CT molecular complexity index is 477. The molecule has 108 valence electrons. The fourth-order valence-corrected chi connectivity index (χ4v) is 1.48. The lowest BCUT2D eigenvalue weighted by Gasteiger charge is -2.23. The first kappa shape index (κ1) is 16.1. The van der Waals surface area contributed by atoms with E-state index in [4.69, 9.17) is 4.74 Å². The van der Waals surface area contributed by atoms with E-state index >= 15 is 0 Å². The first-order chi connectivity index (χ1) is 9.42. The molecule has 20 heavy (non-hydrogen) atoms. The Labute approximate surface area is 121 Å². The number of carbonyl (C=O) groups excluding carboxylic acids is 1. The number of rotatable bonds is 3. The molecule has 0 aromatic heterocycles. The number of hydrogen-bond donors (Lipinski definition) is 0. The molecule has 0 bridgehead atoms. The van der Waals surface area contributed by atoms with Gasteiger partial charge in [-0.1, -0.05) is 31.5 Å². The summed E-state index contributed by atoms with van der Waals surface area (Å²) in [7, 11) is 0. The summed E-state index contributed by atoms with van der Waals surface area (Å²) >= 11 is 0. The van der Waals surface area contributed by atoms with E-state index in [1.165, 1.54) is 4.90 Å². The van der Waals surface area contributed by atoms with Crippen LogP contribution in [0.1, 0.15) is 46.1 Å². The minimum absolute atomic E-state index is 0.380. The van der Waals surface area contributed by atoms with Crippen molar-refractivity contribution in [2.24, 2.45) is 0 Å². The standard InChI is InChI=1S/C17H23NO2/c1-5-6-13-18(16(19)20-17(2,3)4)14-12-15-10-8-7-9-11-15/h7-11H,5-6,13H2,1-4H3. The summed E-state index contributed by atoms with van der Waals surface area (Å²) in [5.74, 6) is 3.00. The van der Waals surface area contributed by atoms with E-state index in [9.17, 15) is 4.79 Å². The van der Waals surface area contributed by atoms with Gasteiger partial charge in [-0.2, -0.15) is 0 Å². The first-order valence-corrected chi connectivity index (χ1v) is 6.99. The summed E-state index contributed by atoms with van der Waals surface area (Å²) < 4.78 is 5.37. The quantitative estimate of drug-likeness (QED) is 0.614. The van der Waals surface area contributed by atoms with Gasteiger partial charge in [0.2, 0.25) is 0 Å². The van der Waals surface area contributed by atoms with Crippen LogP contribution in [-0.2, 0) is 4.74 Å². The molecule has 0 N–H and O–H groups in total. The molecule has 3 nitrogen and oxygen atoms in total. The predicted molar refractivity (Wildman–Crippen MR) is 81.2 cm³/mol. The van der Waals surface area contributed by atoms with E-state index in [-0.39, 0.29) is 6.09 Å². The van der Waals surface area contributed by atoms with Gasteiger partial charge in [0.25, 0.3) is 0 Å². The van der Waals surface area contributed by atoms with Crippen LogP contribution in [0.15, 0.2) is 30.3 Å². The average Bonchev–Trinajstić information content (AvgIpc) is 2.38. The third-order valence-corrected chi connectivity index (χ3v) is 2.46. The lowest BCUT2D eigenvalue weighted by Crippen LogP contribution is -2.34. The molecule has 0 heterocycles. The molecule has 0 unspecified atom stereocenters. The van der Waals surface area contributed by atoms with Crippen LogP contribution in [0.3, 0.4) is 0 Å². The van der Waals surface area contributed by atoms with Crippen LogP contribution < -0.4 is 0 Å². The monoisotopic (exact) mass is 273 g/mol. The minimum atomic E-state index is -0.504. The maximum Gasteiger partial charge on any atom is 0.422 e. The Balaban J connectivity index is 2.79. The number of hydrogen-bond acceptors (Lipinski definition) is 2. The normalized spacial score (nSPS) is 10.4. The van der Waals surface area contributed by atoms with Crippen LogP contribution in [0.25, 0.3) is 0 Å². The molecule has 0 aliphatic rings. The molecule has 3 heteroatoms. The van der Waals surface area contributed by atoms with Crippen molar-refractivity contribution in [2.75, 3.05) is 6.54 Å². The zero-order chi connectivity index (χ0) is 15.0. The van der Waals surface area contributed by atoms with Crippen LogP contribution in [0.5, 0.6) is 0 Å². The van der Waals surface area contributed by atoms with Crippen molar-refractivity contribution in [3.8, 4) is 12.0 Å². The summed E-state index contributed by atoms with van der Waals surface area (Å²) in [5, 5.41) is 0. The van der Waals surface area contributed by atoms with E-state index in [1.807, 2.05) is 51.1 Å². The van der Waals surface area contributed by atoms with Gasteiger partial charge in [-0.15, -0.1) is 0 Å². The Hall–Kier alpha value is -1.95. The van der Waals surface area contributed by atoms with Crippen molar-refractivity contribution in [1.82, 2.24) is 4.90 Å². The van der Waals surface area contributed by atoms with Gasteiger partial charge in [-0.25, -0.2) is 9.69 Å². The molecule has 1 amide bonds. The van der Waals surface area contributed by atoms with Crippen molar-refractivity contribution in [3.05, 3.63) is 35.9 Å². The van der Waals surface area contributed by atoms with Gasteiger partial charge in [0.1, 0.15) is 5.60 Å². The van der Waals surface area contributed by atoms with Gasteiger partial charge in [-0.05, 0) is 45.2 Å². The molecule has 1 aromatic rings. The van der Waals surface area contributed by atoms with Crippen molar-refractivity contribution in [3.63, 3.8) is 0 Å². The Morgan fingerprint density at radius 1 is 1.25 bits per heavy atom. The molecule has 0 atom stereocenters. The summed E-state index contributed by atoms with van der Waals surface area (Å²) in [4.78, 5) is 13.5. The van der Waals surface area contributed by atoms with Crippen LogP contribution in [0.4, 0.5) is 4.79 Å². The highest BCUT2D eigenvalue weighted by atomic mass is 16.6. The molecule has 0 aliphatic carbocycles. The van der Waals surface area contributed by atoms with E-state index in [2.05, 4.69) is 18.9 Å². The first-order valence-electron chi connectivity index (χ1n) is 6.99. The second kappa shape index (κ2) is 7.59. The largest absolute Gasteiger partial charge is 0.443 e. The SMILES string of the molecule is CCCCN(C#Cc1ccccc1)C(=O)OC(C)(C)C. The Morgan fingerprint density at radius 2 is 1.90 bits per heavy atom. The molecule has 0 aliphatic heterocycles. The molecule has 1 rings (SSSR count). The Morgan fingerprint density at radius 3 is 2.45 bits per heavy atom.